The Morgan fingerprint density at radius 2 is 1.55 bits per heavy atom. The average molecular weight is 310 g/mol. The van der Waals surface area contributed by atoms with Crippen LogP contribution in [0.5, 0.6) is 0 Å². The predicted octanol–water partition coefficient (Wildman–Crippen LogP) is 0.795. The van der Waals surface area contributed by atoms with Crippen molar-refractivity contribution in [1.82, 2.24) is 9.80 Å². The first kappa shape index (κ1) is 16.3. The number of hydrogen-bond donors (Lipinski definition) is 0. The summed E-state index contributed by atoms with van der Waals surface area (Å²) >= 11 is 0. The van der Waals surface area contributed by atoms with Crippen LogP contribution in [-0.4, -0.2) is 66.7 Å². The molecule has 0 saturated carbocycles. The first-order valence-corrected chi connectivity index (χ1v) is 7.17. The van der Waals surface area contributed by atoms with Crippen molar-refractivity contribution in [3.63, 3.8) is 0 Å². The van der Waals surface area contributed by atoms with Gasteiger partial charge in [-0.3, -0.25) is 4.79 Å². The quantitative estimate of drug-likeness (QED) is 0.557. The van der Waals surface area contributed by atoms with E-state index in [4.69, 9.17) is 4.74 Å². The van der Waals surface area contributed by atoms with Crippen molar-refractivity contribution in [1.29, 1.82) is 0 Å². The monoisotopic (exact) mass is 310 g/mol. The molecule has 2 rings (SSSR count). The summed E-state index contributed by atoms with van der Waals surface area (Å²) in [5, 5.41) is 0. The number of carbonyl (C=O) groups is 3. The third kappa shape index (κ3) is 3.58. The Labute approximate surface area is 129 Å². The Kier molecular flexibility index (Phi) is 4.17. The van der Waals surface area contributed by atoms with Crippen LogP contribution in [0.1, 0.15) is 20.8 Å². The number of amides is 2. The minimum absolute atomic E-state index is 0.00826. The third-order valence-corrected chi connectivity index (χ3v) is 3.63. The second-order valence-corrected chi connectivity index (χ2v) is 6.89. The van der Waals surface area contributed by atoms with Crippen LogP contribution < -0.4 is 0 Å². The molecule has 1 spiro atoms. The molecule has 0 aromatic carbocycles. The summed E-state index contributed by atoms with van der Waals surface area (Å²) < 4.78 is 9.73. The van der Waals surface area contributed by atoms with E-state index in [1.807, 2.05) is 20.8 Å². The Bertz CT molecular complexity index is 507. The van der Waals surface area contributed by atoms with Crippen molar-refractivity contribution < 1.29 is 23.9 Å². The van der Waals surface area contributed by atoms with Crippen molar-refractivity contribution in [3.05, 3.63) is 12.2 Å². The Hall–Kier alpha value is -2.05. The molecule has 22 heavy (non-hydrogen) atoms. The second-order valence-electron chi connectivity index (χ2n) is 6.89. The second kappa shape index (κ2) is 5.62. The van der Waals surface area contributed by atoms with Gasteiger partial charge in [0, 0.05) is 43.7 Å². The van der Waals surface area contributed by atoms with E-state index < -0.39 is 11.6 Å². The highest BCUT2D eigenvalue weighted by Crippen LogP contribution is 2.40. The molecule has 0 bridgehead atoms. The molecule has 0 aliphatic carbocycles. The number of hydrogen-bond acceptors (Lipinski definition) is 5. The van der Waals surface area contributed by atoms with Gasteiger partial charge in [-0.15, -0.1) is 0 Å². The summed E-state index contributed by atoms with van der Waals surface area (Å²) in [5.74, 6) is -0.768. The lowest BCUT2D eigenvalue weighted by atomic mass is 9.73. The largest absolute Gasteiger partial charge is 0.466 e. The zero-order valence-electron chi connectivity index (χ0n) is 13.4. The fraction of sp³-hybridized carbons (Fsp3) is 0.667. The van der Waals surface area contributed by atoms with Crippen LogP contribution in [0.3, 0.4) is 0 Å². The van der Waals surface area contributed by atoms with Crippen LogP contribution in [-0.2, 0) is 19.1 Å². The van der Waals surface area contributed by atoms with E-state index in [0.717, 1.165) is 6.08 Å². The van der Waals surface area contributed by atoms with Gasteiger partial charge in [-0.2, -0.15) is 0 Å². The molecule has 2 aliphatic heterocycles. The van der Waals surface area contributed by atoms with Crippen LogP contribution in [0, 0.1) is 5.41 Å². The number of nitrogens with zero attached hydrogens (tertiary/aromatic N) is 2. The SMILES string of the molecule is COC(=O)/C=C/C(=O)N1CC2(C1)CN(C(=O)OC(C)(C)C)C2. The zero-order chi connectivity index (χ0) is 16.5. The van der Waals surface area contributed by atoms with Crippen LogP contribution in [0.4, 0.5) is 4.79 Å². The Morgan fingerprint density at radius 3 is 2.05 bits per heavy atom. The summed E-state index contributed by atoms with van der Waals surface area (Å²) in [4.78, 5) is 37.9. The molecule has 2 fully saturated rings. The summed E-state index contributed by atoms with van der Waals surface area (Å²) in [6.45, 7) is 7.89. The van der Waals surface area contributed by atoms with Gasteiger partial charge >= 0.3 is 12.1 Å². The maximum Gasteiger partial charge on any atom is 0.410 e. The van der Waals surface area contributed by atoms with E-state index in [2.05, 4.69) is 4.74 Å². The fourth-order valence-corrected chi connectivity index (χ4v) is 2.65. The lowest BCUT2D eigenvalue weighted by Crippen LogP contribution is -2.73. The average Bonchev–Trinajstić information content (AvgIpc) is 2.30. The van der Waals surface area contributed by atoms with Crippen molar-refractivity contribution in [2.24, 2.45) is 5.41 Å². The molecule has 0 atom stereocenters. The number of esters is 1. The minimum atomic E-state index is -0.552. The molecule has 7 nitrogen and oxygen atoms in total. The highest BCUT2D eigenvalue weighted by molar-refractivity contribution is 5.95. The Morgan fingerprint density at radius 1 is 1.00 bits per heavy atom. The normalized spacial score (nSPS) is 19.6. The lowest BCUT2D eigenvalue weighted by molar-refractivity contribution is -0.152. The minimum Gasteiger partial charge on any atom is -0.466 e. The molecule has 0 aromatic rings. The summed E-state index contributed by atoms with van der Waals surface area (Å²) in [6.07, 6.45) is 2.01. The van der Waals surface area contributed by atoms with Crippen LogP contribution in [0.2, 0.25) is 0 Å². The van der Waals surface area contributed by atoms with E-state index >= 15 is 0 Å². The van der Waals surface area contributed by atoms with Gasteiger partial charge in [0.1, 0.15) is 5.60 Å². The van der Waals surface area contributed by atoms with Gasteiger partial charge in [-0.05, 0) is 20.8 Å². The summed E-state index contributed by atoms with van der Waals surface area (Å²) in [6, 6.07) is 0. The van der Waals surface area contributed by atoms with Gasteiger partial charge in [0.2, 0.25) is 5.91 Å². The van der Waals surface area contributed by atoms with Crippen LogP contribution in [0.15, 0.2) is 12.2 Å². The third-order valence-electron chi connectivity index (χ3n) is 3.63. The number of rotatable bonds is 2. The maximum atomic E-state index is 11.9. The number of carbonyl (C=O) groups excluding carboxylic acids is 3. The smallest absolute Gasteiger partial charge is 0.410 e. The number of ether oxygens (including phenoxy) is 2. The molecule has 2 aliphatic rings. The van der Waals surface area contributed by atoms with Gasteiger partial charge in [-0.25, -0.2) is 9.59 Å². The van der Waals surface area contributed by atoms with Crippen molar-refractivity contribution in [3.8, 4) is 0 Å². The molecule has 0 N–H and O–H groups in total. The predicted molar refractivity (Wildman–Crippen MR) is 78.0 cm³/mol. The topological polar surface area (TPSA) is 76.2 Å². The van der Waals surface area contributed by atoms with Crippen LogP contribution in [0.25, 0.3) is 0 Å². The van der Waals surface area contributed by atoms with E-state index in [0.29, 0.717) is 26.2 Å². The van der Waals surface area contributed by atoms with Gasteiger partial charge in [-0.1, -0.05) is 0 Å². The molecular formula is C15H22N2O5. The van der Waals surface area contributed by atoms with Crippen molar-refractivity contribution in [2.45, 2.75) is 26.4 Å². The first-order valence-electron chi connectivity index (χ1n) is 7.17. The van der Waals surface area contributed by atoms with Gasteiger partial charge in [0.05, 0.1) is 7.11 Å². The molecule has 122 valence electrons. The van der Waals surface area contributed by atoms with Crippen molar-refractivity contribution in [2.75, 3.05) is 33.3 Å². The van der Waals surface area contributed by atoms with E-state index in [1.165, 1.54) is 13.2 Å². The number of likely N-dealkylation sites (tertiary alicyclic amines) is 2. The maximum absolute atomic E-state index is 11.9. The molecule has 2 saturated heterocycles. The molecule has 0 unspecified atom stereocenters. The molecule has 2 amide bonds. The van der Waals surface area contributed by atoms with E-state index in [1.54, 1.807) is 9.80 Å². The van der Waals surface area contributed by atoms with Crippen LogP contribution >= 0.6 is 0 Å². The molecular weight excluding hydrogens is 288 g/mol. The molecule has 0 radical (unpaired) electrons. The standard InChI is InChI=1S/C15H22N2O5/c1-14(2,3)22-13(20)17-9-15(10-17)7-16(8-15)11(18)5-6-12(19)21-4/h5-6H,7-10H2,1-4H3/b6-5+. The van der Waals surface area contributed by atoms with Gasteiger partial charge < -0.3 is 19.3 Å². The van der Waals surface area contributed by atoms with Crippen molar-refractivity contribution >= 4 is 18.0 Å². The fourth-order valence-electron chi connectivity index (χ4n) is 2.65. The highest BCUT2D eigenvalue weighted by atomic mass is 16.6. The van der Waals surface area contributed by atoms with E-state index in [9.17, 15) is 14.4 Å². The summed E-state index contributed by atoms with van der Waals surface area (Å²) in [7, 11) is 1.26. The Balaban J connectivity index is 1.74. The summed E-state index contributed by atoms with van der Waals surface area (Å²) in [5.41, 5.74) is -0.508. The highest BCUT2D eigenvalue weighted by Gasteiger charge is 2.54. The molecule has 0 aromatic heterocycles. The van der Waals surface area contributed by atoms with Gasteiger partial charge in [0.15, 0.2) is 0 Å². The molecule has 7 heteroatoms. The number of methoxy groups -OCH3 is 1. The van der Waals surface area contributed by atoms with E-state index in [-0.39, 0.29) is 17.4 Å². The lowest BCUT2D eigenvalue weighted by Gasteiger charge is -2.59. The molecule has 2 heterocycles. The zero-order valence-corrected chi connectivity index (χ0v) is 13.4. The first-order chi connectivity index (χ1) is 10.1. The van der Waals surface area contributed by atoms with Gasteiger partial charge in [0.25, 0.3) is 0 Å².